The lowest BCUT2D eigenvalue weighted by Crippen LogP contribution is -2.40. The van der Waals surface area contributed by atoms with Crippen molar-refractivity contribution in [2.75, 3.05) is 20.3 Å². The number of benzene rings is 1. The van der Waals surface area contributed by atoms with Crippen LogP contribution in [-0.2, 0) is 4.74 Å². The summed E-state index contributed by atoms with van der Waals surface area (Å²) in [6, 6.07) is 4.57. The van der Waals surface area contributed by atoms with E-state index >= 15 is 0 Å². The molecule has 6 nitrogen and oxygen atoms in total. The van der Waals surface area contributed by atoms with Crippen LogP contribution in [0.4, 0.5) is 8.78 Å². The summed E-state index contributed by atoms with van der Waals surface area (Å²) in [5.41, 5.74) is 3.30. The zero-order valence-corrected chi connectivity index (χ0v) is 14.5. The minimum atomic E-state index is -2.91. The van der Waals surface area contributed by atoms with Crippen LogP contribution in [0, 0.1) is 0 Å². The standard InChI is InChI=1S/C15H21F2N3O3S/c1-4-22-13-7-11(5-6-12(13)23-14(16)17)8-18-20-15(24)19-10(2)9-21-3/h5-8,10,14H,4,9H2,1-3H3,(H2,19,20,24)/b18-8-/t10-/m1/s1. The van der Waals surface area contributed by atoms with E-state index in [1.54, 1.807) is 26.2 Å². The fraction of sp³-hybridized carbons (Fsp3) is 0.467. The molecule has 2 N–H and O–H groups in total. The molecule has 9 heteroatoms. The number of thiocarbonyl (C=S) groups is 1. The number of hydrogen-bond donors (Lipinski definition) is 2. The molecule has 24 heavy (non-hydrogen) atoms. The Kier molecular flexibility index (Phi) is 8.95. The molecule has 134 valence electrons. The molecule has 0 aliphatic heterocycles. The predicted octanol–water partition coefficient (Wildman–Crippen LogP) is 2.52. The molecule has 0 radical (unpaired) electrons. The fourth-order valence-corrected chi connectivity index (χ4v) is 2.03. The van der Waals surface area contributed by atoms with E-state index in [0.29, 0.717) is 23.9 Å². The van der Waals surface area contributed by atoms with E-state index in [4.69, 9.17) is 21.7 Å². The number of nitrogens with zero attached hydrogens (tertiary/aromatic N) is 1. The highest BCUT2D eigenvalue weighted by molar-refractivity contribution is 7.80. The molecule has 0 aromatic heterocycles. The summed E-state index contributed by atoms with van der Waals surface area (Å²) in [5.74, 6) is 0.193. The Balaban J connectivity index is 2.66. The van der Waals surface area contributed by atoms with Crippen molar-refractivity contribution in [2.24, 2.45) is 5.10 Å². The first kappa shape index (κ1) is 20.0. The van der Waals surface area contributed by atoms with Gasteiger partial charge in [0.2, 0.25) is 0 Å². The molecule has 0 aliphatic rings. The first-order chi connectivity index (χ1) is 11.5. The van der Waals surface area contributed by atoms with Crippen molar-refractivity contribution in [1.29, 1.82) is 0 Å². The van der Waals surface area contributed by atoms with Gasteiger partial charge in [0.05, 0.1) is 19.4 Å². The summed E-state index contributed by atoms with van der Waals surface area (Å²) in [6.07, 6.45) is 1.49. The third-order valence-corrected chi connectivity index (χ3v) is 2.87. The zero-order valence-electron chi connectivity index (χ0n) is 13.7. The van der Waals surface area contributed by atoms with Gasteiger partial charge in [0, 0.05) is 13.2 Å². The lowest BCUT2D eigenvalue weighted by molar-refractivity contribution is -0.0514. The van der Waals surface area contributed by atoms with Gasteiger partial charge in [-0.15, -0.1) is 0 Å². The molecule has 0 saturated carbocycles. The maximum Gasteiger partial charge on any atom is 0.387 e. The molecule has 0 unspecified atom stereocenters. The second-order valence-electron chi connectivity index (χ2n) is 4.72. The van der Waals surface area contributed by atoms with Crippen LogP contribution < -0.4 is 20.2 Å². The van der Waals surface area contributed by atoms with Crippen LogP contribution in [0.25, 0.3) is 0 Å². The molecule has 1 aromatic carbocycles. The number of ether oxygens (including phenoxy) is 3. The molecular formula is C15H21F2N3O3S. The van der Waals surface area contributed by atoms with E-state index in [-0.39, 0.29) is 17.5 Å². The third kappa shape index (κ3) is 7.51. The Morgan fingerprint density at radius 1 is 1.38 bits per heavy atom. The van der Waals surface area contributed by atoms with E-state index in [2.05, 4.69) is 20.6 Å². The number of nitrogens with one attached hydrogen (secondary N) is 2. The smallest absolute Gasteiger partial charge is 0.387 e. The van der Waals surface area contributed by atoms with Crippen molar-refractivity contribution >= 4 is 23.5 Å². The van der Waals surface area contributed by atoms with Crippen molar-refractivity contribution in [2.45, 2.75) is 26.5 Å². The SMILES string of the molecule is CCOc1cc(/C=N\NC(=S)N[C@H](C)COC)ccc1OC(F)F. The van der Waals surface area contributed by atoms with Crippen molar-refractivity contribution in [3.63, 3.8) is 0 Å². The second kappa shape index (κ2) is 10.7. The fourth-order valence-electron chi connectivity index (χ4n) is 1.78. The number of hydrogen-bond acceptors (Lipinski definition) is 5. The second-order valence-corrected chi connectivity index (χ2v) is 5.13. The molecule has 0 saturated heterocycles. The van der Waals surface area contributed by atoms with Gasteiger partial charge in [0.15, 0.2) is 16.6 Å². The lowest BCUT2D eigenvalue weighted by Gasteiger charge is -2.14. The van der Waals surface area contributed by atoms with Crippen molar-refractivity contribution in [3.8, 4) is 11.5 Å². The molecule has 1 aromatic rings. The Hall–Kier alpha value is -2.00. The van der Waals surface area contributed by atoms with Gasteiger partial charge in [0.1, 0.15) is 0 Å². The number of hydrazone groups is 1. The molecule has 1 atom stereocenters. The number of halogens is 2. The van der Waals surface area contributed by atoms with Gasteiger partial charge in [0.25, 0.3) is 0 Å². The van der Waals surface area contributed by atoms with Crippen LogP contribution in [-0.4, -0.2) is 44.3 Å². The molecule has 0 spiro atoms. The Bertz CT molecular complexity index is 559. The normalized spacial score (nSPS) is 12.2. The van der Waals surface area contributed by atoms with E-state index < -0.39 is 6.61 Å². The van der Waals surface area contributed by atoms with Crippen molar-refractivity contribution < 1.29 is 23.0 Å². The lowest BCUT2D eigenvalue weighted by atomic mass is 10.2. The summed E-state index contributed by atoms with van der Waals surface area (Å²) in [5, 5.41) is 7.31. The largest absolute Gasteiger partial charge is 0.490 e. The average Bonchev–Trinajstić information content (AvgIpc) is 2.49. The van der Waals surface area contributed by atoms with Crippen LogP contribution >= 0.6 is 12.2 Å². The summed E-state index contributed by atoms with van der Waals surface area (Å²) in [7, 11) is 1.60. The minimum Gasteiger partial charge on any atom is -0.490 e. The molecular weight excluding hydrogens is 340 g/mol. The van der Waals surface area contributed by atoms with Gasteiger partial charge in [-0.25, -0.2) is 0 Å². The van der Waals surface area contributed by atoms with Crippen molar-refractivity contribution in [3.05, 3.63) is 23.8 Å². The van der Waals surface area contributed by atoms with Gasteiger partial charge >= 0.3 is 6.61 Å². The Morgan fingerprint density at radius 2 is 2.12 bits per heavy atom. The topological polar surface area (TPSA) is 64.1 Å². The van der Waals surface area contributed by atoms with E-state index in [9.17, 15) is 8.78 Å². The van der Waals surface area contributed by atoms with Gasteiger partial charge < -0.3 is 19.5 Å². The maximum absolute atomic E-state index is 12.3. The Labute approximate surface area is 145 Å². The first-order valence-electron chi connectivity index (χ1n) is 7.26. The molecule has 0 fully saturated rings. The quantitative estimate of drug-likeness (QED) is 0.400. The van der Waals surface area contributed by atoms with Gasteiger partial charge in [-0.3, -0.25) is 5.43 Å². The van der Waals surface area contributed by atoms with Crippen molar-refractivity contribution in [1.82, 2.24) is 10.7 Å². The Morgan fingerprint density at radius 3 is 2.75 bits per heavy atom. The number of rotatable bonds is 9. The highest BCUT2D eigenvalue weighted by Crippen LogP contribution is 2.29. The van der Waals surface area contributed by atoms with Gasteiger partial charge in [-0.2, -0.15) is 13.9 Å². The third-order valence-electron chi connectivity index (χ3n) is 2.66. The van der Waals surface area contributed by atoms with E-state index in [1.165, 1.54) is 12.3 Å². The van der Waals surface area contributed by atoms with Crippen LogP contribution in [0.3, 0.4) is 0 Å². The highest BCUT2D eigenvalue weighted by Gasteiger charge is 2.11. The van der Waals surface area contributed by atoms with Crippen LogP contribution in [0.15, 0.2) is 23.3 Å². The highest BCUT2D eigenvalue weighted by atomic mass is 32.1. The predicted molar refractivity (Wildman–Crippen MR) is 92.0 cm³/mol. The van der Waals surface area contributed by atoms with Gasteiger partial charge in [-0.1, -0.05) is 0 Å². The number of methoxy groups -OCH3 is 1. The maximum atomic E-state index is 12.3. The zero-order chi connectivity index (χ0) is 17.9. The van der Waals surface area contributed by atoms with Crippen LogP contribution in [0.5, 0.6) is 11.5 Å². The summed E-state index contributed by atoms with van der Waals surface area (Å²) >= 11 is 5.08. The first-order valence-corrected chi connectivity index (χ1v) is 7.67. The van der Waals surface area contributed by atoms with E-state index in [0.717, 1.165) is 0 Å². The molecule has 1 rings (SSSR count). The molecule has 0 aliphatic carbocycles. The van der Waals surface area contributed by atoms with Crippen LogP contribution in [0.2, 0.25) is 0 Å². The summed E-state index contributed by atoms with van der Waals surface area (Å²) < 4.78 is 39.4. The average molecular weight is 361 g/mol. The summed E-state index contributed by atoms with van der Waals surface area (Å²) in [4.78, 5) is 0. The molecule has 0 bridgehead atoms. The van der Waals surface area contributed by atoms with Gasteiger partial charge in [-0.05, 0) is 49.8 Å². The summed E-state index contributed by atoms with van der Waals surface area (Å²) in [6.45, 7) is 1.58. The minimum absolute atomic E-state index is 0.0254. The monoisotopic (exact) mass is 361 g/mol. The van der Waals surface area contributed by atoms with Crippen LogP contribution in [0.1, 0.15) is 19.4 Å². The van der Waals surface area contributed by atoms with E-state index in [1.807, 2.05) is 6.92 Å². The molecule has 0 heterocycles. The molecule has 0 amide bonds. The number of alkyl halides is 2.